The Kier molecular flexibility index (Phi) is 10.8. The number of rotatable bonds is 13. The second kappa shape index (κ2) is 14.5. The maximum absolute atomic E-state index is 14.2. The van der Waals surface area contributed by atoms with Crippen LogP contribution in [-0.2, 0) is 26.2 Å². The largest absolute Gasteiger partial charge is 0.494 e. The molecule has 0 aromatic heterocycles. The first kappa shape index (κ1) is 32.0. The van der Waals surface area contributed by atoms with E-state index >= 15 is 0 Å². The minimum atomic E-state index is -4.30. The lowest BCUT2D eigenvalue weighted by Crippen LogP contribution is -2.53. The molecule has 3 aromatic carbocycles. The van der Waals surface area contributed by atoms with Crippen LogP contribution in [0.3, 0.4) is 0 Å². The van der Waals surface area contributed by atoms with Crippen molar-refractivity contribution in [2.75, 3.05) is 17.5 Å². The molecule has 10 heteroatoms. The normalized spacial score (nSPS) is 14.2. The third-order valence-electron chi connectivity index (χ3n) is 7.68. The van der Waals surface area contributed by atoms with Crippen LogP contribution < -0.4 is 14.4 Å². The number of benzene rings is 3. The Morgan fingerprint density at radius 1 is 0.953 bits per heavy atom. The predicted molar refractivity (Wildman–Crippen MR) is 165 cm³/mol. The summed E-state index contributed by atoms with van der Waals surface area (Å²) in [5.74, 6) is -0.809. The van der Waals surface area contributed by atoms with Crippen molar-refractivity contribution < 1.29 is 27.1 Å². The van der Waals surface area contributed by atoms with Gasteiger partial charge in [-0.2, -0.15) is 0 Å². The van der Waals surface area contributed by atoms with Gasteiger partial charge in [0.25, 0.3) is 10.0 Å². The van der Waals surface area contributed by atoms with E-state index in [0.717, 1.165) is 53.2 Å². The van der Waals surface area contributed by atoms with Gasteiger partial charge in [-0.3, -0.25) is 13.9 Å². The summed E-state index contributed by atoms with van der Waals surface area (Å²) in [4.78, 5) is 29.0. The molecule has 0 aliphatic heterocycles. The topological polar surface area (TPSA) is 96.0 Å². The monoisotopic (exact) mass is 609 g/mol. The van der Waals surface area contributed by atoms with E-state index in [0.29, 0.717) is 18.8 Å². The molecule has 1 saturated carbocycles. The Bertz CT molecular complexity index is 1470. The molecule has 0 spiro atoms. The number of aryl methyl sites for hydroxylation is 1. The van der Waals surface area contributed by atoms with Gasteiger partial charge in [0.1, 0.15) is 24.2 Å². The van der Waals surface area contributed by atoms with E-state index in [-0.39, 0.29) is 29.1 Å². The van der Waals surface area contributed by atoms with E-state index in [1.54, 1.807) is 24.3 Å². The molecular formula is C33H40FN3O5S. The molecule has 0 radical (unpaired) electrons. The maximum atomic E-state index is 14.2. The first-order valence-corrected chi connectivity index (χ1v) is 16.2. The van der Waals surface area contributed by atoms with Gasteiger partial charge in [0.2, 0.25) is 11.8 Å². The fourth-order valence-corrected chi connectivity index (χ4v) is 6.73. The van der Waals surface area contributed by atoms with E-state index < -0.39 is 34.3 Å². The summed E-state index contributed by atoms with van der Waals surface area (Å²) in [5, 5.41) is 3.11. The lowest BCUT2D eigenvalue weighted by Gasteiger charge is -2.33. The zero-order valence-electron chi connectivity index (χ0n) is 25.0. The number of hydrogen-bond donors (Lipinski definition) is 1. The number of anilines is 1. The Morgan fingerprint density at radius 3 is 2.16 bits per heavy atom. The van der Waals surface area contributed by atoms with Crippen LogP contribution in [0.1, 0.15) is 57.1 Å². The molecule has 1 N–H and O–H groups in total. The summed E-state index contributed by atoms with van der Waals surface area (Å²) < 4.78 is 48.1. The van der Waals surface area contributed by atoms with Crippen LogP contribution in [0, 0.1) is 12.7 Å². The molecule has 43 heavy (non-hydrogen) atoms. The predicted octanol–water partition coefficient (Wildman–Crippen LogP) is 5.59. The third kappa shape index (κ3) is 8.13. The van der Waals surface area contributed by atoms with Gasteiger partial charge in [-0.15, -0.1) is 0 Å². The van der Waals surface area contributed by atoms with Gasteiger partial charge in [0, 0.05) is 12.6 Å². The number of carbonyl (C=O) groups excluding carboxylic acids is 2. The number of hydrogen-bond acceptors (Lipinski definition) is 5. The Morgan fingerprint density at radius 2 is 1.58 bits per heavy atom. The lowest BCUT2D eigenvalue weighted by atomic mass is 10.1. The molecule has 0 heterocycles. The molecule has 2 amide bonds. The molecule has 1 fully saturated rings. The lowest BCUT2D eigenvalue weighted by molar-refractivity contribution is -0.140. The fourth-order valence-electron chi connectivity index (χ4n) is 5.32. The quantitative estimate of drug-likeness (QED) is 0.273. The Balaban J connectivity index is 1.71. The molecule has 8 nitrogen and oxygen atoms in total. The van der Waals surface area contributed by atoms with Gasteiger partial charge < -0.3 is 15.0 Å². The van der Waals surface area contributed by atoms with Crippen LogP contribution in [0.5, 0.6) is 5.75 Å². The summed E-state index contributed by atoms with van der Waals surface area (Å²) in [6.45, 7) is 5.65. The Labute approximate surface area is 253 Å². The maximum Gasteiger partial charge on any atom is 0.264 e. The van der Waals surface area contributed by atoms with Crippen LogP contribution in [-0.4, -0.2) is 50.4 Å². The molecule has 1 unspecified atom stereocenters. The molecule has 1 aliphatic rings. The highest BCUT2D eigenvalue weighted by atomic mass is 32.2. The molecule has 1 atom stereocenters. The number of amides is 2. The van der Waals surface area contributed by atoms with Gasteiger partial charge in [0.15, 0.2) is 0 Å². The summed E-state index contributed by atoms with van der Waals surface area (Å²) in [7, 11) is -4.30. The standard InChI is InChI=1S/C33H40FN3O5S/c1-4-31(33(39)35-27-8-6-7-9-27)36(22-25-12-10-24(3)11-13-25)32(38)23-37(28-16-18-29(19-17-28)42-5-2)43(40,41)30-20-14-26(34)15-21-30/h10-21,27,31H,4-9,22-23H2,1-3H3,(H,35,39). The first-order chi connectivity index (χ1) is 20.6. The highest BCUT2D eigenvalue weighted by Crippen LogP contribution is 2.27. The molecule has 0 bridgehead atoms. The van der Waals surface area contributed by atoms with Gasteiger partial charge >= 0.3 is 0 Å². The molecule has 0 saturated heterocycles. The van der Waals surface area contributed by atoms with Crippen molar-refractivity contribution in [3.63, 3.8) is 0 Å². The number of nitrogens with zero attached hydrogens (tertiary/aromatic N) is 2. The summed E-state index contributed by atoms with van der Waals surface area (Å²) in [5.41, 5.74) is 2.11. The molecule has 230 valence electrons. The highest BCUT2D eigenvalue weighted by Gasteiger charge is 2.34. The SMILES string of the molecule is CCOc1ccc(N(CC(=O)N(Cc2ccc(C)cc2)C(CC)C(=O)NC2CCCC2)S(=O)(=O)c2ccc(F)cc2)cc1. The molecular weight excluding hydrogens is 569 g/mol. The zero-order valence-corrected chi connectivity index (χ0v) is 25.8. The molecule has 4 rings (SSSR count). The van der Waals surface area contributed by atoms with E-state index in [1.807, 2.05) is 45.0 Å². The van der Waals surface area contributed by atoms with E-state index in [1.165, 1.54) is 17.0 Å². The Hall–Kier alpha value is -3.92. The van der Waals surface area contributed by atoms with Crippen LogP contribution in [0.4, 0.5) is 10.1 Å². The summed E-state index contributed by atoms with van der Waals surface area (Å²) in [6, 6.07) is 17.8. The second-order valence-electron chi connectivity index (χ2n) is 10.8. The minimum absolute atomic E-state index is 0.0667. The van der Waals surface area contributed by atoms with Crippen molar-refractivity contribution >= 4 is 27.5 Å². The molecule has 3 aromatic rings. The minimum Gasteiger partial charge on any atom is -0.494 e. The van der Waals surface area contributed by atoms with Crippen LogP contribution in [0.15, 0.2) is 77.7 Å². The number of nitrogens with one attached hydrogen (secondary N) is 1. The average Bonchev–Trinajstić information content (AvgIpc) is 3.50. The number of halogens is 1. The van der Waals surface area contributed by atoms with Gasteiger partial charge in [-0.1, -0.05) is 49.6 Å². The third-order valence-corrected chi connectivity index (χ3v) is 9.47. The molecule has 1 aliphatic carbocycles. The number of ether oxygens (including phenoxy) is 1. The van der Waals surface area contributed by atoms with Crippen LogP contribution >= 0.6 is 0 Å². The van der Waals surface area contributed by atoms with Crippen molar-refractivity contribution in [1.29, 1.82) is 0 Å². The van der Waals surface area contributed by atoms with Crippen LogP contribution in [0.25, 0.3) is 0 Å². The van der Waals surface area contributed by atoms with Gasteiger partial charge in [-0.05, 0) is 87.2 Å². The van der Waals surface area contributed by atoms with Crippen molar-refractivity contribution in [2.24, 2.45) is 0 Å². The van der Waals surface area contributed by atoms with Gasteiger partial charge in [0.05, 0.1) is 17.2 Å². The summed E-state index contributed by atoms with van der Waals surface area (Å²) >= 11 is 0. The van der Waals surface area contributed by atoms with Crippen molar-refractivity contribution in [1.82, 2.24) is 10.2 Å². The second-order valence-corrected chi connectivity index (χ2v) is 12.7. The first-order valence-electron chi connectivity index (χ1n) is 14.8. The van der Waals surface area contributed by atoms with Crippen LogP contribution in [0.2, 0.25) is 0 Å². The summed E-state index contributed by atoms with van der Waals surface area (Å²) in [6.07, 6.45) is 4.24. The van der Waals surface area contributed by atoms with E-state index in [2.05, 4.69) is 5.32 Å². The number of carbonyl (C=O) groups is 2. The smallest absolute Gasteiger partial charge is 0.264 e. The average molecular weight is 610 g/mol. The van der Waals surface area contributed by atoms with Crippen molar-refractivity contribution in [3.8, 4) is 5.75 Å². The van der Waals surface area contributed by atoms with Crippen molar-refractivity contribution in [3.05, 3.63) is 89.7 Å². The highest BCUT2D eigenvalue weighted by molar-refractivity contribution is 7.92. The van der Waals surface area contributed by atoms with Crippen molar-refractivity contribution in [2.45, 2.75) is 76.4 Å². The van der Waals surface area contributed by atoms with E-state index in [4.69, 9.17) is 4.74 Å². The van der Waals surface area contributed by atoms with Gasteiger partial charge in [-0.25, -0.2) is 12.8 Å². The fraction of sp³-hybridized carbons (Fsp3) is 0.394. The van der Waals surface area contributed by atoms with E-state index in [9.17, 15) is 22.4 Å². The zero-order chi connectivity index (χ0) is 31.0. The number of sulfonamides is 1.